The van der Waals surface area contributed by atoms with Crippen LogP contribution >= 0.6 is 11.3 Å². The number of esters is 1. The van der Waals surface area contributed by atoms with Crippen LogP contribution in [-0.4, -0.2) is 54.8 Å². The van der Waals surface area contributed by atoms with E-state index in [4.69, 9.17) is 13.9 Å². The summed E-state index contributed by atoms with van der Waals surface area (Å²) in [5, 5.41) is 3.42. The van der Waals surface area contributed by atoms with Gasteiger partial charge in [-0.2, -0.15) is 4.31 Å². The summed E-state index contributed by atoms with van der Waals surface area (Å²) < 4.78 is 44.2. The second-order valence-electron chi connectivity index (χ2n) is 10.7. The van der Waals surface area contributed by atoms with E-state index in [-0.39, 0.29) is 36.9 Å². The number of ether oxygens (including phenoxy) is 2. The van der Waals surface area contributed by atoms with E-state index >= 15 is 0 Å². The first-order valence-corrected chi connectivity index (χ1v) is 16.9. The maximum Gasteiger partial charge on any atom is 0.307 e. The van der Waals surface area contributed by atoms with Crippen molar-refractivity contribution in [2.24, 2.45) is 5.92 Å². The Labute approximate surface area is 260 Å². The van der Waals surface area contributed by atoms with Gasteiger partial charge >= 0.3 is 5.97 Å². The van der Waals surface area contributed by atoms with Crippen molar-refractivity contribution in [2.45, 2.75) is 62.8 Å². The molecule has 234 valence electrons. The number of anilines is 1. The van der Waals surface area contributed by atoms with Gasteiger partial charge in [-0.3, -0.25) is 9.59 Å². The Hall–Kier alpha value is -3.81. The summed E-state index contributed by atoms with van der Waals surface area (Å²) in [5.74, 6) is 0.149. The molecule has 1 aliphatic carbocycles. The maximum atomic E-state index is 13.7. The zero-order valence-electron chi connectivity index (χ0n) is 24.7. The van der Waals surface area contributed by atoms with E-state index in [0.717, 1.165) is 31.2 Å². The summed E-state index contributed by atoms with van der Waals surface area (Å²) in [6.07, 6.45) is 6.42. The van der Waals surface area contributed by atoms with Crippen LogP contribution in [0.4, 0.5) is 5.13 Å². The number of furan rings is 1. The van der Waals surface area contributed by atoms with Crippen LogP contribution in [0.15, 0.2) is 64.1 Å². The largest absolute Gasteiger partial charge is 0.481 e. The molecular weight excluding hydrogens is 604 g/mol. The van der Waals surface area contributed by atoms with E-state index < -0.39 is 21.9 Å². The molecule has 3 aromatic heterocycles. The van der Waals surface area contributed by atoms with Crippen LogP contribution in [0.1, 0.15) is 62.7 Å². The highest BCUT2D eigenvalue weighted by atomic mass is 32.2. The standard InChI is InChI=1S/C31H36N4O7S2/c1-3-41-28(36)16-17-35(20-23-9-6-18-42-23)44(38,39)24-12-10-22(11-13-24)25(19-21-7-4-5-8-21)29(37)34-31-32-26-14-15-27(40-2)33-30(26)43-31/h6,9-15,18,21,25H,3-5,7-8,16-17,19-20H2,1-2H3,(H,32,34,37). The van der Waals surface area contributed by atoms with Crippen LogP contribution in [0.3, 0.4) is 0 Å². The molecule has 1 atom stereocenters. The number of thiazole rings is 1. The van der Waals surface area contributed by atoms with E-state index in [2.05, 4.69) is 15.3 Å². The molecule has 0 aliphatic heterocycles. The van der Waals surface area contributed by atoms with Gasteiger partial charge in [0.1, 0.15) is 16.1 Å². The average Bonchev–Trinajstić information content (AvgIpc) is 3.80. The Balaban J connectivity index is 1.37. The highest BCUT2D eigenvalue weighted by Crippen LogP contribution is 2.36. The summed E-state index contributed by atoms with van der Waals surface area (Å²) >= 11 is 1.27. The first-order valence-electron chi connectivity index (χ1n) is 14.7. The Kier molecular flexibility index (Phi) is 10.3. The molecule has 0 saturated heterocycles. The number of rotatable bonds is 14. The van der Waals surface area contributed by atoms with E-state index in [1.807, 2.05) is 0 Å². The zero-order chi connectivity index (χ0) is 31.1. The van der Waals surface area contributed by atoms with E-state index in [1.54, 1.807) is 50.4 Å². The van der Waals surface area contributed by atoms with Gasteiger partial charge in [0.25, 0.3) is 0 Å². The highest BCUT2D eigenvalue weighted by molar-refractivity contribution is 7.89. The summed E-state index contributed by atoms with van der Waals surface area (Å²) in [7, 11) is -2.46. The van der Waals surface area contributed by atoms with Crippen LogP contribution in [0.2, 0.25) is 0 Å². The van der Waals surface area contributed by atoms with Crippen LogP contribution in [0, 0.1) is 5.92 Å². The Morgan fingerprint density at radius 1 is 1.11 bits per heavy atom. The number of carbonyl (C=O) groups is 2. The molecule has 1 amide bonds. The zero-order valence-corrected chi connectivity index (χ0v) is 26.4. The lowest BCUT2D eigenvalue weighted by molar-refractivity contribution is -0.143. The molecule has 1 N–H and O–H groups in total. The first-order chi connectivity index (χ1) is 21.3. The number of hydrogen-bond acceptors (Lipinski definition) is 10. The number of nitrogens with one attached hydrogen (secondary N) is 1. The van der Waals surface area contributed by atoms with Crippen molar-refractivity contribution in [1.29, 1.82) is 0 Å². The number of nitrogens with zero attached hydrogens (tertiary/aromatic N) is 3. The van der Waals surface area contributed by atoms with Crippen molar-refractivity contribution in [2.75, 3.05) is 25.6 Å². The molecule has 3 heterocycles. The van der Waals surface area contributed by atoms with Gasteiger partial charge < -0.3 is 19.2 Å². The molecule has 1 aliphatic rings. The Morgan fingerprint density at radius 3 is 2.57 bits per heavy atom. The number of carbonyl (C=O) groups excluding carboxylic acids is 2. The molecule has 1 aromatic carbocycles. The Bertz CT molecular complexity index is 1660. The number of hydrogen-bond donors (Lipinski definition) is 1. The van der Waals surface area contributed by atoms with Crippen molar-refractivity contribution < 1.29 is 31.9 Å². The molecule has 1 unspecified atom stereocenters. The van der Waals surface area contributed by atoms with Gasteiger partial charge in [-0.15, -0.1) is 0 Å². The molecule has 5 rings (SSSR count). The van der Waals surface area contributed by atoms with Crippen molar-refractivity contribution in [3.05, 3.63) is 66.1 Å². The number of methoxy groups -OCH3 is 1. The van der Waals surface area contributed by atoms with E-state index in [1.165, 1.54) is 34.0 Å². The number of fused-ring (bicyclic) bond motifs is 1. The quantitative estimate of drug-likeness (QED) is 0.171. The minimum absolute atomic E-state index is 0.0356. The predicted molar refractivity (Wildman–Crippen MR) is 166 cm³/mol. The van der Waals surface area contributed by atoms with Crippen LogP contribution in [0.25, 0.3) is 10.3 Å². The van der Waals surface area contributed by atoms with Gasteiger partial charge in [-0.25, -0.2) is 18.4 Å². The molecular formula is C31H36N4O7S2. The van der Waals surface area contributed by atoms with Crippen LogP contribution < -0.4 is 10.1 Å². The fraction of sp³-hybridized carbons (Fsp3) is 0.419. The molecule has 0 radical (unpaired) electrons. The highest BCUT2D eigenvalue weighted by Gasteiger charge is 2.30. The summed E-state index contributed by atoms with van der Waals surface area (Å²) in [5.41, 5.74) is 1.38. The molecule has 44 heavy (non-hydrogen) atoms. The normalized spacial score (nSPS) is 14.6. The van der Waals surface area contributed by atoms with Gasteiger partial charge in [-0.05, 0) is 55.2 Å². The third-order valence-corrected chi connectivity index (χ3v) is 10.5. The smallest absolute Gasteiger partial charge is 0.307 e. The minimum atomic E-state index is -4.00. The fourth-order valence-electron chi connectivity index (χ4n) is 5.46. The average molecular weight is 641 g/mol. The molecule has 1 fully saturated rings. The molecule has 13 heteroatoms. The number of amides is 1. The van der Waals surface area contributed by atoms with Crippen LogP contribution in [0.5, 0.6) is 5.88 Å². The topological polar surface area (TPSA) is 141 Å². The number of pyridine rings is 1. The lowest BCUT2D eigenvalue weighted by Crippen LogP contribution is -2.33. The molecule has 4 aromatic rings. The van der Waals surface area contributed by atoms with Crippen molar-refractivity contribution >= 4 is 48.7 Å². The predicted octanol–water partition coefficient (Wildman–Crippen LogP) is 5.74. The molecule has 1 saturated carbocycles. The molecule has 0 spiro atoms. The molecule has 0 bridgehead atoms. The Morgan fingerprint density at radius 2 is 1.89 bits per heavy atom. The van der Waals surface area contributed by atoms with Gasteiger partial charge in [-0.1, -0.05) is 49.2 Å². The number of benzene rings is 1. The van der Waals surface area contributed by atoms with E-state index in [9.17, 15) is 18.0 Å². The second-order valence-corrected chi connectivity index (χ2v) is 13.6. The van der Waals surface area contributed by atoms with Crippen molar-refractivity contribution in [3.8, 4) is 5.88 Å². The van der Waals surface area contributed by atoms with E-state index in [0.29, 0.717) is 39.5 Å². The molecule has 11 nitrogen and oxygen atoms in total. The van der Waals surface area contributed by atoms with Crippen molar-refractivity contribution in [1.82, 2.24) is 14.3 Å². The first kappa shape index (κ1) is 31.6. The third kappa shape index (κ3) is 7.63. The minimum Gasteiger partial charge on any atom is -0.481 e. The van der Waals surface area contributed by atoms with Gasteiger partial charge in [0.15, 0.2) is 5.13 Å². The summed E-state index contributed by atoms with van der Waals surface area (Å²) in [6.45, 7) is 1.81. The van der Waals surface area contributed by atoms with Gasteiger partial charge in [0.05, 0.1) is 43.8 Å². The lowest BCUT2D eigenvalue weighted by atomic mass is 9.87. The summed E-state index contributed by atoms with van der Waals surface area (Å²) in [6, 6.07) is 13.3. The second kappa shape index (κ2) is 14.3. The van der Waals surface area contributed by atoms with Crippen molar-refractivity contribution in [3.63, 3.8) is 0 Å². The fourth-order valence-corrected chi connectivity index (χ4v) is 7.70. The van der Waals surface area contributed by atoms with Crippen LogP contribution in [-0.2, 0) is 30.9 Å². The monoisotopic (exact) mass is 640 g/mol. The van der Waals surface area contributed by atoms with Gasteiger partial charge in [0, 0.05) is 12.6 Å². The SMILES string of the molecule is CCOC(=O)CCN(Cc1ccco1)S(=O)(=O)c1ccc(C(CC2CCCC2)C(=O)Nc2nc3ccc(OC)nc3s2)cc1. The summed E-state index contributed by atoms with van der Waals surface area (Å²) in [4.78, 5) is 35.4. The lowest BCUT2D eigenvalue weighted by Gasteiger charge is -2.22. The van der Waals surface area contributed by atoms with Gasteiger partial charge in [0.2, 0.25) is 21.8 Å². The third-order valence-electron chi connectivity index (χ3n) is 7.73. The number of aromatic nitrogens is 2. The maximum absolute atomic E-state index is 13.7. The number of sulfonamides is 1.